The first-order valence-corrected chi connectivity index (χ1v) is 7.13. The molecule has 0 bridgehead atoms. The summed E-state index contributed by atoms with van der Waals surface area (Å²) in [7, 11) is 0. The van der Waals surface area contributed by atoms with Crippen molar-refractivity contribution in [3.63, 3.8) is 0 Å². The highest BCUT2D eigenvalue weighted by molar-refractivity contribution is 5.74. The third-order valence-electron chi connectivity index (χ3n) is 3.67. The van der Waals surface area contributed by atoms with Crippen LogP contribution < -0.4 is 0 Å². The maximum absolute atomic E-state index is 4.46. The first-order chi connectivity index (χ1) is 10.8. The van der Waals surface area contributed by atoms with Crippen molar-refractivity contribution in [1.82, 2.24) is 19.5 Å². The van der Waals surface area contributed by atoms with Crippen LogP contribution in [-0.2, 0) is 0 Å². The second kappa shape index (κ2) is 5.07. The Bertz CT molecular complexity index is 942. The SMILES string of the molecule is Cc1ccc2c(ncn2-c2cccc(-c3cccnc3)c2)n1. The van der Waals surface area contributed by atoms with Crippen molar-refractivity contribution in [3.8, 4) is 16.8 Å². The van der Waals surface area contributed by atoms with Gasteiger partial charge in [0.15, 0.2) is 5.65 Å². The molecule has 0 unspecified atom stereocenters. The molecule has 4 nitrogen and oxygen atoms in total. The second-order valence-corrected chi connectivity index (χ2v) is 5.20. The molecule has 4 rings (SSSR count). The molecular weight excluding hydrogens is 272 g/mol. The minimum Gasteiger partial charge on any atom is -0.297 e. The Morgan fingerprint density at radius 1 is 0.955 bits per heavy atom. The van der Waals surface area contributed by atoms with Gasteiger partial charge >= 0.3 is 0 Å². The van der Waals surface area contributed by atoms with Crippen LogP contribution in [0.15, 0.2) is 67.3 Å². The fourth-order valence-corrected chi connectivity index (χ4v) is 2.57. The second-order valence-electron chi connectivity index (χ2n) is 5.20. The number of aryl methyl sites for hydroxylation is 1. The molecule has 4 heteroatoms. The molecule has 1 aromatic carbocycles. The number of nitrogens with zero attached hydrogens (tertiary/aromatic N) is 4. The summed E-state index contributed by atoms with van der Waals surface area (Å²) in [5.41, 5.74) is 6.05. The third-order valence-corrected chi connectivity index (χ3v) is 3.67. The summed E-state index contributed by atoms with van der Waals surface area (Å²) in [6, 6.07) is 16.4. The lowest BCUT2D eigenvalue weighted by Crippen LogP contribution is -1.93. The molecular formula is C18H14N4. The van der Waals surface area contributed by atoms with Crippen molar-refractivity contribution in [2.24, 2.45) is 0 Å². The molecule has 0 spiro atoms. The number of hydrogen-bond acceptors (Lipinski definition) is 3. The predicted molar refractivity (Wildman–Crippen MR) is 86.8 cm³/mol. The van der Waals surface area contributed by atoms with Crippen LogP contribution in [0.3, 0.4) is 0 Å². The molecule has 106 valence electrons. The number of imidazole rings is 1. The lowest BCUT2D eigenvalue weighted by atomic mass is 10.1. The molecule has 0 fully saturated rings. The quantitative estimate of drug-likeness (QED) is 0.563. The van der Waals surface area contributed by atoms with Crippen LogP contribution in [0.4, 0.5) is 0 Å². The molecule has 22 heavy (non-hydrogen) atoms. The Hall–Kier alpha value is -3.01. The highest BCUT2D eigenvalue weighted by Gasteiger charge is 2.07. The maximum Gasteiger partial charge on any atom is 0.178 e. The first kappa shape index (κ1) is 12.7. The van der Waals surface area contributed by atoms with Crippen molar-refractivity contribution >= 4 is 11.2 Å². The molecule has 0 aliphatic carbocycles. The molecule has 0 atom stereocenters. The number of benzene rings is 1. The van der Waals surface area contributed by atoms with E-state index in [2.05, 4.69) is 49.9 Å². The van der Waals surface area contributed by atoms with Gasteiger partial charge in [-0.2, -0.15) is 0 Å². The zero-order chi connectivity index (χ0) is 14.9. The Kier molecular flexibility index (Phi) is 2.93. The average Bonchev–Trinajstić information content (AvgIpc) is 2.99. The molecule has 0 saturated carbocycles. The van der Waals surface area contributed by atoms with E-state index >= 15 is 0 Å². The minimum atomic E-state index is 0.770. The summed E-state index contributed by atoms with van der Waals surface area (Å²) < 4.78 is 2.06. The van der Waals surface area contributed by atoms with Gasteiger partial charge in [-0.3, -0.25) is 9.55 Å². The molecule has 3 aromatic heterocycles. The summed E-state index contributed by atoms with van der Waals surface area (Å²) in [5.74, 6) is 0. The highest BCUT2D eigenvalue weighted by Crippen LogP contribution is 2.23. The molecule has 0 amide bonds. The van der Waals surface area contributed by atoms with E-state index in [1.165, 1.54) is 0 Å². The Morgan fingerprint density at radius 2 is 1.86 bits per heavy atom. The van der Waals surface area contributed by atoms with Gasteiger partial charge in [-0.25, -0.2) is 9.97 Å². The summed E-state index contributed by atoms with van der Waals surface area (Å²) in [4.78, 5) is 13.0. The Labute approximate surface area is 128 Å². The van der Waals surface area contributed by atoms with E-state index in [9.17, 15) is 0 Å². The van der Waals surface area contributed by atoms with Crippen molar-refractivity contribution in [2.75, 3.05) is 0 Å². The van der Waals surface area contributed by atoms with Gasteiger partial charge in [0.2, 0.25) is 0 Å². The summed E-state index contributed by atoms with van der Waals surface area (Å²) >= 11 is 0. The molecule has 0 N–H and O–H groups in total. The number of hydrogen-bond donors (Lipinski definition) is 0. The normalized spacial score (nSPS) is 11.0. The fourth-order valence-electron chi connectivity index (χ4n) is 2.57. The lowest BCUT2D eigenvalue weighted by Gasteiger charge is -2.07. The van der Waals surface area contributed by atoms with Gasteiger partial charge in [-0.15, -0.1) is 0 Å². The van der Waals surface area contributed by atoms with Crippen LogP contribution in [-0.4, -0.2) is 19.5 Å². The Morgan fingerprint density at radius 3 is 2.73 bits per heavy atom. The molecule has 4 aromatic rings. The number of rotatable bonds is 2. The van der Waals surface area contributed by atoms with Crippen LogP contribution in [0.5, 0.6) is 0 Å². The predicted octanol–water partition coefficient (Wildman–Crippen LogP) is 3.79. The van der Waals surface area contributed by atoms with E-state index in [0.29, 0.717) is 0 Å². The maximum atomic E-state index is 4.46. The number of aromatic nitrogens is 4. The monoisotopic (exact) mass is 286 g/mol. The topological polar surface area (TPSA) is 43.6 Å². The largest absolute Gasteiger partial charge is 0.297 e. The van der Waals surface area contributed by atoms with Gasteiger partial charge in [0, 0.05) is 29.3 Å². The number of fused-ring (bicyclic) bond motifs is 1. The highest BCUT2D eigenvalue weighted by atomic mass is 15.1. The van der Waals surface area contributed by atoms with E-state index in [1.807, 2.05) is 37.6 Å². The van der Waals surface area contributed by atoms with Gasteiger partial charge in [0.1, 0.15) is 6.33 Å². The molecule has 0 aliphatic rings. The Balaban J connectivity index is 1.85. The van der Waals surface area contributed by atoms with Crippen LogP contribution in [0.1, 0.15) is 5.69 Å². The van der Waals surface area contributed by atoms with Crippen LogP contribution in [0, 0.1) is 6.92 Å². The van der Waals surface area contributed by atoms with Gasteiger partial charge in [0.05, 0.1) is 5.52 Å². The molecule has 0 aliphatic heterocycles. The standard InChI is InChI=1S/C18H14N4/c1-13-7-8-17-18(21-13)20-12-22(17)16-6-2-4-14(10-16)15-5-3-9-19-11-15/h2-12H,1H3. The van der Waals surface area contributed by atoms with E-state index in [0.717, 1.165) is 33.7 Å². The van der Waals surface area contributed by atoms with Gasteiger partial charge in [-0.1, -0.05) is 18.2 Å². The van der Waals surface area contributed by atoms with Crippen molar-refractivity contribution in [3.05, 3.63) is 72.9 Å². The third kappa shape index (κ3) is 2.15. The average molecular weight is 286 g/mol. The summed E-state index contributed by atoms with van der Waals surface area (Å²) in [6.07, 6.45) is 5.47. The molecule has 3 heterocycles. The summed E-state index contributed by atoms with van der Waals surface area (Å²) in [5, 5.41) is 0. The van der Waals surface area contributed by atoms with Crippen molar-refractivity contribution < 1.29 is 0 Å². The van der Waals surface area contributed by atoms with Gasteiger partial charge < -0.3 is 0 Å². The van der Waals surface area contributed by atoms with E-state index < -0.39 is 0 Å². The van der Waals surface area contributed by atoms with Gasteiger partial charge in [-0.05, 0) is 42.8 Å². The van der Waals surface area contributed by atoms with E-state index in [4.69, 9.17) is 0 Å². The zero-order valence-electron chi connectivity index (χ0n) is 12.1. The van der Waals surface area contributed by atoms with E-state index in [1.54, 1.807) is 6.20 Å². The van der Waals surface area contributed by atoms with Crippen LogP contribution in [0.25, 0.3) is 28.0 Å². The molecule has 0 saturated heterocycles. The number of pyridine rings is 2. The lowest BCUT2D eigenvalue weighted by molar-refractivity contribution is 1.09. The van der Waals surface area contributed by atoms with Crippen molar-refractivity contribution in [1.29, 1.82) is 0 Å². The van der Waals surface area contributed by atoms with Gasteiger partial charge in [0.25, 0.3) is 0 Å². The van der Waals surface area contributed by atoms with Crippen molar-refractivity contribution in [2.45, 2.75) is 6.92 Å². The van der Waals surface area contributed by atoms with E-state index in [-0.39, 0.29) is 0 Å². The fraction of sp³-hybridized carbons (Fsp3) is 0.0556. The smallest absolute Gasteiger partial charge is 0.178 e. The van der Waals surface area contributed by atoms with Crippen LogP contribution in [0.2, 0.25) is 0 Å². The molecule has 0 radical (unpaired) electrons. The zero-order valence-corrected chi connectivity index (χ0v) is 12.1. The summed E-state index contributed by atoms with van der Waals surface area (Å²) in [6.45, 7) is 1.97. The first-order valence-electron chi connectivity index (χ1n) is 7.13. The van der Waals surface area contributed by atoms with Crippen LogP contribution >= 0.6 is 0 Å². The minimum absolute atomic E-state index is 0.770.